The van der Waals surface area contributed by atoms with E-state index in [0.717, 1.165) is 0 Å². The van der Waals surface area contributed by atoms with Crippen LogP contribution in [0.3, 0.4) is 0 Å². The predicted molar refractivity (Wildman–Crippen MR) is 51.6 cm³/mol. The van der Waals surface area contributed by atoms with Crippen molar-refractivity contribution < 1.29 is 25.5 Å². The molecule has 0 radical (unpaired) electrons. The molecule has 0 saturated heterocycles. The molecule has 6 atom stereocenters. The highest BCUT2D eigenvalue weighted by atomic mass is 16.4. The number of terminal acetylenes is 1. The molecular formula is C10H16O5. The summed E-state index contributed by atoms with van der Waals surface area (Å²) in [6, 6.07) is 0. The molecule has 0 aliphatic heterocycles. The second-order valence-electron chi connectivity index (χ2n) is 3.86. The van der Waals surface area contributed by atoms with Gasteiger partial charge in [-0.3, -0.25) is 0 Å². The summed E-state index contributed by atoms with van der Waals surface area (Å²) in [6.45, 7) is 0. The first kappa shape index (κ1) is 12.4. The van der Waals surface area contributed by atoms with E-state index in [1.165, 1.54) is 0 Å². The molecule has 0 spiro atoms. The van der Waals surface area contributed by atoms with Gasteiger partial charge in [-0.2, -0.15) is 0 Å². The monoisotopic (exact) mass is 216 g/mol. The fraction of sp³-hybridized carbons (Fsp3) is 0.800. The second-order valence-corrected chi connectivity index (χ2v) is 3.86. The van der Waals surface area contributed by atoms with Crippen molar-refractivity contribution in [2.45, 2.75) is 43.4 Å². The summed E-state index contributed by atoms with van der Waals surface area (Å²) in [5.41, 5.74) is 0. The molecule has 0 bridgehead atoms. The van der Waals surface area contributed by atoms with Gasteiger partial charge in [-0.25, -0.2) is 0 Å². The average molecular weight is 216 g/mol. The highest BCUT2D eigenvalue weighted by Crippen LogP contribution is 2.29. The van der Waals surface area contributed by atoms with Gasteiger partial charge in [-0.1, -0.05) is 0 Å². The lowest BCUT2D eigenvalue weighted by molar-refractivity contribution is -0.204. The lowest BCUT2D eigenvalue weighted by atomic mass is 9.76. The van der Waals surface area contributed by atoms with Gasteiger partial charge < -0.3 is 25.5 Å². The van der Waals surface area contributed by atoms with Gasteiger partial charge in [0.2, 0.25) is 0 Å². The molecule has 2 unspecified atom stereocenters. The Kier molecular flexibility index (Phi) is 4.08. The summed E-state index contributed by atoms with van der Waals surface area (Å²) >= 11 is 0. The molecule has 5 heteroatoms. The molecule has 0 aromatic heterocycles. The van der Waals surface area contributed by atoms with Crippen LogP contribution in [0.1, 0.15) is 12.8 Å². The number of rotatable bonds is 2. The Morgan fingerprint density at radius 1 is 0.800 bits per heavy atom. The van der Waals surface area contributed by atoms with Crippen LogP contribution >= 0.6 is 0 Å². The Balaban J connectivity index is 2.73. The topological polar surface area (TPSA) is 101 Å². The van der Waals surface area contributed by atoms with Crippen LogP contribution in [-0.4, -0.2) is 56.1 Å². The van der Waals surface area contributed by atoms with Gasteiger partial charge in [0.25, 0.3) is 0 Å². The van der Waals surface area contributed by atoms with E-state index in [1.54, 1.807) is 0 Å². The maximum atomic E-state index is 9.57. The number of aliphatic hydroxyl groups is 5. The average Bonchev–Trinajstić information content (AvgIpc) is 2.24. The molecule has 1 saturated carbocycles. The van der Waals surface area contributed by atoms with Gasteiger partial charge in [-0.15, -0.1) is 12.3 Å². The molecule has 5 N–H and O–H groups in total. The van der Waals surface area contributed by atoms with Crippen molar-refractivity contribution in [2.24, 2.45) is 5.92 Å². The normalized spacial score (nSPS) is 46.1. The summed E-state index contributed by atoms with van der Waals surface area (Å²) in [4.78, 5) is 0. The van der Waals surface area contributed by atoms with Crippen molar-refractivity contribution in [2.75, 3.05) is 0 Å². The van der Waals surface area contributed by atoms with E-state index in [0.29, 0.717) is 12.8 Å². The van der Waals surface area contributed by atoms with E-state index in [2.05, 4.69) is 5.92 Å². The van der Waals surface area contributed by atoms with Gasteiger partial charge in [0, 0.05) is 12.3 Å². The Morgan fingerprint density at radius 3 is 1.60 bits per heavy atom. The Labute approximate surface area is 88.0 Å². The van der Waals surface area contributed by atoms with Crippen LogP contribution in [0.2, 0.25) is 0 Å². The largest absolute Gasteiger partial charge is 0.390 e. The fourth-order valence-electron chi connectivity index (χ4n) is 1.91. The molecule has 1 aliphatic carbocycles. The third kappa shape index (κ3) is 2.30. The molecule has 1 rings (SSSR count). The van der Waals surface area contributed by atoms with Crippen LogP contribution in [0.5, 0.6) is 0 Å². The first-order chi connectivity index (χ1) is 7.00. The van der Waals surface area contributed by atoms with E-state index in [9.17, 15) is 25.5 Å². The molecule has 5 nitrogen and oxygen atoms in total. The van der Waals surface area contributed by atoms with Crippen LogP contribution in [-0.2, 0) is 0 Å². The lowest BCUT2D eigenvalue weighted by Crippen LogP contribution is -2.60. The molecule has 0 aromatic rings. The zero-order valence-electron chi connectivity index (χ0n) is 8.19. The molecular weight excluding hydrogens is 200 g/mol. The van der Waals surface area contributed by atoms with Crippen molar-refractivity contribution in [1.29, 1.82) is 0 Å². The minimum Gasteiger partial charge on any atom is -0.390 e. The molecule has 15 heavy (non-hydrogen) atoms. The summed E-state index contributed by atoms with van der Waals surface area (Å²) < 4.78 is 0. The number of hydrogen-bond donors (Lipinski definition) is 5. The Hall–Kier alpha value is -0.640. The minimum absolute atomic E-state index is 0.291. The molecule has 0 heterocycles. The van der Waals surface area contributed by atoms with Crippen LogP contribution in [0.25, 0.3) is 0 Å². The van der Waals surface area contributed by atoms with Gasteiger partial charge in [0.15, 0.2) is 0 Å². The van der Waals surface area contributed by atoms with Crippen molar-refractivity contribution in [3.05, 3.63) is 0 Å². The lowest BCUT2D eigenvalue weighted by Gasteiger charge is -2.41. The summed E-state index contributed by atoms with van der Waals surface area (Å²) in [6.07, 6.45) is -1.31. The van der Waals surface area contributed by atoms with Crippen molar-refractivity contribution >= 4 is 0 Å². The first-order valence-electron chi connectivity index (χ1n) is 4.84. The smallest absolute Gasteiger partial charge is 0.111 e. The zero-order valence-corrected chi connectivity index (χ0v) is 8.19. The summed E-state index contributed by atoms with van der Waals surface area (Å²) in [5.74, 6) is 1.64. The van der Waals surface area contributed by atoms with E-state index < -0.39 is 36.4 Å². The molecule has 86 valence electrons. The Morgan fingerprint density at radius 2 is 1.20 bits per heavy atom. The van der Waals surface area contributed by atoms with Gasteiger partial charge in [0.05, 0.1) is 12.2 Å². The summed E-state index contributed by atoms with van der Waals surface area (Å²) in [7, 11) is 0. The van der Waals surface area contributed by atoms with E-state index in [1.807, 2.05) is 0 Å². The van der Waals surface area contributed by atoms with Crippen molar-refractivity contribution in [3.8, 4) is 12.3 Å². The molecule has 1 aliphatic rings. The number of hydrogen-bond acceptors (Lipinski definition) is 5. The van der Waals surface area contributed by atoms with Crippen molar-refractivity contribution in [1.82, 2.24) is 0 Å². The maximum absolute atomic E-state index is 9.57. The van der Waals surface area contributed by atoms with E-state index >= 15 is 0 Å². The zero-order chi connectivity index (χ0) is 11.6. The first-order valence-corrected chi connectivity index (χ1v) is 4.84. The van der Waals surface area contributed by atoms with Crippen molar-refractivity contribution in [3.63, 3.8) is 0 Å². The molecule has 0 amide bonds. The third-order valence-electron chi connectivity index (χ3n) is 2.90. The fourth-order valence-corrected chi connectivity index (χ4v) is 1.91. The third-order valence-corrected chi connectivity index (χ3v) is 2.90. The van der Waals surface area contributed by atoms with E-state index in [-0.39, 0.29) is 0 Å². The highest BCUT2D eigenvalue weighted by molar-refractivity contribution is 4.99. The highest BCUT2D eigenvalue weighted by Gasteiger charge is 2.47. The van der Waals surface area contributed by atoms with Crippen LogP contribution in [0.4, 0.5) is 0 Å². The van der Waals surface area contributed by atoms with E-state index in [4.69, 9.17) is 6.42 Å². The van der Waals surface area contributed by atoms with Gasteiger partial charge in [0.1, 0.15) is 18.3 Å². The SMILES string of the molecule is C#CCCC1[C@@H](O)[C@H](O)C(O)[C@@H](O)[C@H]1O. The predicted octanol–water partition coefficient (Wildman–Crippen LogP) is -2.17. The maximum Gasteiger partial charge on any atom is 0.111 e. The van der Waals surface area contributed by atoms with Crippen LogP contribution in [0.15, 0.2) is 0 Å². The number of aliphatic hydroxyl groups excluding tert-OH is 5. The summed E-state index contributed by atoms with van der Waals surface area (Å²) in [5, 5.41) is 47.2. The van der Waals surface area contributed by atoms with Gasteiger partial charge >= 0.3 is 0 Å². The van der Waals surface area contributed by atoms with Crippen LogP contribution < -0.4 is 0 Å². The molecule has 0 aromatic carbocycles. The quantitative estimate of drug-likeness (QED) is 0.338. The second kappa shape index (κ2) is 4.92. The minimum atomic E-state index is -1.53. The van der Waals surface area contributed by atoms with Gasteiger partial charge in [-0.05, 0) is 6.42 Å². The standard InChI is InChI=1S/C10H16O5/c1-2-3-4-5-6(11)8(13)10(15)9(14)7(5)12/h1,5-15H,3-4H2/t5?,6-,7+,8-,9-,10?/m0/s1. The molecule has 1 fully saturated rings. The van der Waals surface area contributed by atoms with Crippen LogP contribution in [0, 0.1) is 18.3 Å². The Bertz CT molecular complexity index is 233.